The van der Waals surface area contributed by atoms with Crippen LogP contribution in [0.25, 0.3) is 114 Å². The first-order valence-electron chi connectivity index (χ1n) is 24.8. The topological polar surface area (TPSA) is 30.4 Å². The van der Waals surface area contributed by atoms with Crippen molar-refractivity contribution in [1.82, 2.24) is 4.57 Å². The molecule has 13 rings (SSSR count). The molecule has 13 aromatic rings. The van der Waals surface area contributed by atoms with E-state index in [0.717, 1.165) is 90.7 Å². The second-order valence-corrected chi connectivity index (χ2v) is 20.0. The van der Waals surface area contributed by atoms with Gasteiger partial charge >= 0.3 is 0 Å². The maximum absolute atomic E-state index is 6.81. The largest absolute Gasteiger partial charge is 0.456 e. The van der Waals surface area contributed by atoms with Crippen LogP contribution in [0, 0.1) is 5.92 Å². The van der Waals surface area contributed by atoms with Crippen molar-refractivity contribution in [3.05, 3.63) is 235 Å². The van der Waals surface area contributed by atoms with Crippen molar-refractivity contribution in [2.24, 2.45) is 10.9 Å². The zero-order valence-corrected chi connectivity index (χ0v) is 40.9. The van der Waals surface area contributed by atoms with Crippen LogP contribution in [0.1, 0.15) is 50.3 Å². The predicted molar refractivity (Wildman–Crippen MR) is 307 cm³/mol. The van der Waals surface area contributed by atoms with Crippen molar-refractivity contribution in [1.29, 1.82) is 0 Å². The van der Waals surface area contributed by atoms with Gasteiger partial charge in [-0.3, -0.25) is 4.99 Å². The molecule has 3 aromatic heterocycles. The van der Waals surface area contributed by atoms with Gasteiger partial charge in [-0.15, -0.1) is 11.3 Å². The van der Waals surface area contributed by atoms with Gasteiger partial charge in [0.25, 0.3) is 0 Å². The van der Waals surface area contributed by atoms with Crippen LogP contribution >= 0.6 is 11.3 Å². The van der Waals surface area contributed by atoms with Crippen LogP contribution in [-0.2, 0) is 0 Å². The van der Waals surface area contributed by atoms with E-state index in [1.165, 1.54) is 63.6 Å². The fraction of sp³-hybridized carbons (Fsp3) is 0.0896. The van der Waals surface area contributed by atoms with E-state index in [1.807, 2.05) is 11.3 Å². The van der Waals surface area contributed by atoms with Crippen LogP contribution in [0.2, 0.25) is 0 Å². The van der Waals surface area contributed by atoms with Crippen LogP contribution in [0.15, 0.2) is 228 Å². The van der Waals surface area contributed by atoms with Gasteiger partial charge in [0, 0.05) is 58.9 Å². The average molecular weight is 931 g/mol. The van der Waals surface area contributed by atoms with Gasteiger partial charge in [-0.25, -0.2) is 0 Å². The number of aliphatic imine (C=N–C) groups is 1. The minimum absolute atomic E-state index is 0.0593. The van der Waals surface area contributed by atoms with Crippen LogP contribution in [-0.4, -0.2) is 10.3 Å². The highest BCUT2D eigenvalue weighted by molar-refractivity contribution is 7.25. The molecule has 0 radical (unpaired) electrons. The third-order valence-corrected chi connectivity index (χ3v) is 16.0. The van der Waals surface area contributed by atoms with Crippen molar-refractivity contribution >= 4 is 114 Å². The molecule has 0 amide bonds. The van der Waals surface area contributed by atoms with E-state index in [4.69, 9.17) is 16.0 Å². The second kappa shape index (κ2) is 17.3. The highest BCUT2D eigenvalue weighted by Crippen LogP contribution is 2.45. The number of hydrogen-bond donors (Lipinski definition) is 0. The molecule has 4 heteroatoms. The molecule has 3 heterocycles. The van der Waals surface area contributed by atoms with Crippen LogP contribution in [0.4, 0.5) is 0 Å². The van der Waals surface area contributed by atoms with Crippen molar-refractivity contribution in [3.63, 3.8) is 0 Å². The number of benzene rings is 10. The van der Waals surface area contributed by atoms with Gasteiger partial charge in [0.1, 0.15) is 11.2 Å². The van der Waals surface area contributed by atoms with E-state index < -0.39 is 0 Å². The van der Waals surface area contributed by atoms with Gasteiger partial charge in [-0.2, -0.15) is 0 Å². The van der Waals surface area contributed by atoms with Crippen molar-refractivity contribution < 1.29 is 4.42 Å². The SMILES string of the molecule is C=C(/C(CC)=C(\N=C(c1cc2c(cc1-n1c3cc4ccccc4cc3c3cc4ccccc4cc31)oc1ccccc12)C(C)CC)c1cccc2sc3ccccc3c12)c1ccc(-c2ccccc2)cc1. The number of allylic oxidation sites excluding steroid dienone is 2. The molecule has 10 aromatic carbocycles. The summed E-state index contributed by atoms with van der Waals surface area (Å²) in [7, 11) is 0. The Bertz CT molecular complexity index is 4240. The second-order valence-electron chi connectivity index (χ2n) is 18.9. The summed E-state index contributed by atoms with van der Waals surface area (Å²) in [6.07, 6.45) is 1.61. The van der Waals surface area contributed by atoms with Gasteiger partial charge in [-0.05, 0) is 117 Å². The molecule has 0 spiro atoms. The summed E-state index contributed by atoms with van der Waals surface area (Å²) in [5.74, 6) is 0.0593. The predicted octanol–water partition coefficient (Wildman–Crippen LogP) is 19.4. The Kier molecular flexibility index (Phi) is 10.4. The number of aromatic nitrogens is 1. The molecule has 3 nitrogen and oxygen atoms in total. The number of thiophene rings is 1. The van der Waals surface area contributed by atoms with Crippen molar-refractivity contribution in [2.45, 2.75) is 33.6 Å². The zero-order valence-electron chi connectivity index (χ0n) is 40.0. The lowest BCUT2D eigenvalue weighted by atomic mass is 9.89. The van der Waals surface area contributed by atoms with Gasteiger partial charge in [0.15, 0.2) is 0 Å². The monoisotopic (exact) mass is 930 g/mol. The van der Waals surface area contributed by atoms with Gasteiger partial charge < -0.3 is 8.98 Å². The van der Waals surface area contributed by atoms with E-state index in [2.05, 4.69) is 232 Å². The molecule has 1 unspecified atom stereocenters. The molecule has 0 aliphatic carbocycles. The third-order valence-electron chi connectivity index (χ3n) is 14.8. The van der Waals surface area contributed by atoms with E-state index in [9.17, 15) is 0 Å². The highest BCUT2D eigenvalue weighted by Gasteiger charge is 2.26. The fourth-order valence-electron chi connectivity index (χ4n) is 11.0. The number of nitrogens with zero attached hydrogens (tertiary/aromatic N) is 2. The van der Waals surface area contributed by atoms with Gasteiger partial charge in [-0.1, -0.05) is 179 Å². The summed E-state index contributed by atoms with van der Waals surface area (Å²) >= 11 is 1.84. The summed E-state index contributed by atoms with van der Waals surface area (Å²) in [5.41, 5.74) is 14.7. The lowest BCUT2D eigenvalue weighted by Crippen LogP contribution is -2.16. The Labute approximate surface area is 416 Å². The van der Waals surface area contributed by atoms with Crippen molar-refractivity contribution in [3.8, 4) is 16.8 Å². The summed E-state index contributed by atoms with van der Waals surface area (Å²) in [5, 5.41) is 11.9. The first-order chi connectivity index (χ1) is 34.9. The molecule has 71 heavy (non-hydrogen) atoms. The summed E-state index contributed by atoms with van der Waals surface area (Å²) < 4.78 is 11.8. The minimum Gasteiger partial charge on any atom is -0.456 e. The van der Waals surface area contributed by atoms with Crippen LogP contribution in [0.3, 0.4) is 0 Å². The lowest BCUT2D eigenvalue weighted by Gasteiger charge is -2.22. The Hall–Kier alpha value is -8.31. The molecular weight excluding hydrogens is 881 g/mol. The molecule has 0 aliphatic rings. The van der Waals surface area contributed by atoms with Crippen LogP contribution < -0.4 is 0 Å². The number of hydrogen-bond acceptors (Lipinski definition) is 3. The standard InChI is InChI=1S/C67H50N2OS/c1-5-41(3)66(68-67(53-27-18-30-64-65(53)52-26-15-17-29-63(52)71-64)50(6-2)42(4)43-31-33-45(34-32-43)44-19-8-7-9-20-44)57-39-56-51-25-14-16-28-61(51)70-62(56)40-60(57)69-58-37-48-23-12-10-21-46(48)35-54(58)55-36-47-22-11-13-24-49(47)38-59(55)69/h7-41H,4-6H2,1-3H3/b67-50-,68-66?. The first-order valence-corrected chi connectivity index (χ1v) is 25.6. The number of para-hydroxylation sites is 1. The number of fused-ring (bicyclic) bond motifs is 11. The normalized spacial score (nSPS) is 13.1. The molecule has 1 atom stereocenters. The summed E-state index contributed by atoms with van der Waals surface area (Å²) in [6.45, 7) is 11.8. The summed E-state index contributed by atoms with van der Waals surface area (Å²) in [4.78, 5) is 6.20. The Balaban J connectivity index is 1.14. The maximum atomic E-state index is 6.81. The molecule has 340 valence electrons. The molecule has 0 aliphatic heterocycles. The maximum Gasteiger partial charge on any atom is 0.137 e. The Morgan fingerprint density at radius 3 is 1.80 bits per heavy atom. The highest BCUT2D eigenvalue weighted by atomic mass is 32.1. The molecule has 0 saturated carbocycles. The zero-order chi connectivity index (χ0) is 47.7. The Morgan fingerprint density at radius 2 is 1.13 bits per heavy atom. The first kappa shape index (κ1) is 42.8. The molecule has 0 N–H and O–H groups in total. The lowest BCUT2D eigenvalue weighted by molar-refractivity contribution is 0.668. The molecular formula is C67H50N2OS. The molecule has 0 saturated heterocycles. The summed E-state index contributed by atoms with van der Waals surface area (Å²) in [6, 6.07) is 75.1. The van der Waals surface area contributed by atoms with Crippen molar-refractivity contribution in [2.75, 3.05) is 0 Å². The number of rotatable bonds is 10. The molecule has 0 bridgehead atoms. The smallest absolute Gasteiger partial charge is 0.137 e. The van der Waals surface area contributed by atoms with Gasteiger partial charge in [0.05, 0.1) is 28.1 Å². The van der Waals surface area contributed by atoms with E-state index in [1.54, 1.807) is 0 Å². The minimum atomic E-state index is 0.0593. The van der Waals surface area contributed by atoms with E-state index in [-0.39, 0.29) is 5.92 Å². The number of furan rings is 1. The average Bonchev–Trinajstić information content (AvgIpc) is 4.09. The third kappa shape index (κ3) is 7.12. The fourth-order valence-corrected chi connectivity index (χ4v) is 12.1. The van der Waals surface area contributed by atoms with Gasteiger partial charge in [0.2, 0.25) is 0 Å². The van der Waals surface area contributed by atoms with Crippen LogP contribution in [0.5, 0.6) is 0 Å². The van der Waals surface area contributed by atoms with E-state index >= 15 is 0 Å². The van der Waals surface area contributed by atoms with E-state index in [0.29, 0.717) is 0 Å². The quantitative estimate of drug-likeness (QED) is 0.0993. The molecule has 0 fully saturated rings. The Morgan fingerprint density at radius 1 is 0.535 bits per heavy atom.